The van der Waals surface area contributed by atoms with E-state index < -0.39 is 0 Å². The Morgan fingerprint density at radius 3 is 2.42 bits per heavy atom. The number of aryl methyl sites for hydroxylation is 2. The second kappa shape index (κ2) is 9.56. The van der Waals surface area contributed by atoms with E-state index in [1.165, 1.54) is 7.11 Å². The van der Waals surface area contributed by atoms with Gasteiger partial charge in [0.2, 0.25) is 0 Å². The van der Waals surface area contributed by atoms with Crippen molar-refractivity contribution >= 4 is 5.71 Å². The minimum atomic E-state index is 0.341. The fourth-order valence-corrected chi connectivity index (χ4v) is 2.42. The number of oxime groups is 1. The third-order valence-corrected chi connectivity index (χ3v) is 3.70. The molecule has 1 heterocycles. The highest BCUT2D eigenvalue weighted by molar-refractivity contribution is 5.96. The highest BCUT2D eigenvalue weighted by Crippen LogP contribution is 2.29. The molecule has 2 rings (SSSR count). The molecule has 6 nitrogen and oxygen atoms in total. The molecule has 0 radical (unpaired) electrons. The summed E-state index contributed by atoms with van der Waals surface area (Å²) < 4.78 is 11.7. The van der Waals surface area contributed by atoms with Crippen LogP contribution in [0.5, 0.6) is 11.5 Å². The van der Waals surface area contributed by atoms with Crippen molar-refractivity contribution < 1.29 is 14.3 Å². The standard InChI is InChI=1S/C20H25N3O3/c1-6-7-10-25-18-11-14(2)20(15(3)12-18)26-13-17-8-9-19(22-21-17)16(4)23-24-5/h6-9,11-12H,10,13H2,1-5H3/b7-6+,23-16?. The maximum atomic E-state index is 5.96. The highest BCUT2D eigenvalue weighted by atomic mass is 16.6. The van der Waals surface area contributed by atoms with Gasteiger partial charge in [-0.3, -0.25) is 0 Å². The van der Waals surface area contributed by atoms with E-state index in [4.69, 9.17) is 14.3 Å². The number of nitrogens with zero attached hydrogens (tertiary/aromatic N) is 3. The fourth-order valence-electron chi connectivity index (χ4n) is 2.42. The Kier molecular flexibility index (Phi) is 7.14. The SMILES string of the molecule is C/C=C/COc1cc(C)c(OCc2ccc(C(C)=NOC)nn2)c(C)c1. The first-order valence-corrected chi connectivity index (χ1v) is 8.44. The van der Waals surface area contributed by atoms with E-state index in [-0.39, 0.29) is 0 Å². The minimum absolute atomic E-state index is 0.341. The zero-order chi connectivity index (χ0) is 18.9. The fraction of sp³-hybridized carbons (Fsp3) is 0.350. The van der Waals surface area contributed by atoms with Crippen LogP contribution in [0.3, 0.4) is 0 Å². The molecule has 0 fully saturated rings. The Balaban J connectivity index is 2.04. The van der Waals surface area contributed by atoms with Crippen molar-refractivity contribution in [3.8, 4) is 11.5 Å². The largest absolute Gasteiger partial charge is 0.490 e. The van der Waals surface area contributed by atoms with Crippen LogP contribution < -0.4 is 9.47 Å². The van der Waals surface area contributed by atoms with Crippen LogP contribution in [0.15, 0.2) is 41.6 Å². The van der Waals surface area contributed by atoms with Gasteiger partial charge in [-0.2, -0.15) is 5.10 Å². The summed E-state index contributed by atoms with van der Waals surface area (Å²) in [7, 11) is 1.50. The normalized spacial score (nSPS) is 11.7. The Morgan fingerprint density at radius 1 is 1.12 bits per heavy atom. The Hall–Kier alpha value is -2.89. The summed E-state index contributed by atoms with van der Waals surface area (Å²) in [4.78, 5) is 4.74. The van der Waals surface area contributed by atoms with Gasteiger partial charge in [0.25, 0.3) is 0 Å². The molecule has 0 saturated heterocycles. The Morgan fingerprint density at radius 2 is 1.85 bits per heavy atom. The van der Waals surface area contributed by atoms with Gasteiger partial charge >= 0.3 is 0 Å². The molecule has 0 aliphatic carbocycles. The molecule has 0 aliphatic heterocycles. The lowest BCUT2D eigenvalue weighted by atomic mass is 10.1. The lowest BCUT2D eigenvalue weighted by molar-refractivity contribution is 0.213. The van der Waals surface area contributed by atoms with Crippen LogP contribution in [0.4, 0.5) is 0 Å². The third-order valence-electron chi connectivity index (χ3n) is 3.70. The summed E-state index contributed by atoms with van der Waals surface area (Å²) in [5, 5.41) is 12.2. The molecule has 0 unspecified atom stereocenters. The molecular weight excluding hydrogens is 330 g/mol. The predicted molar refractivity (Wildman–Crippen MR) is 102 cm³/mol. The lowest BCUT2D eigenvalue weighted by Crippen LogP contribution is -2.06. The molecule has 0 saturated carbocycles. The van der Waals surface area contributed by atoms with E-state index in [0.717, 1.165) is 28.3 Å². The second-order valence-corrected chi connectivity index (χ2v) is 5.82. The first-order chi connectivity index (χ1) is 12.5. The van der Waals surface area contributed by atoms with Crippen molar-refractivity contribution in [1.29, 1.82) is 0 Å². The zero-order valence-corrected chi connectivity index (χ0v) is 15.9. The van der Waals surface area contributed by atoms with E-state index >= 15 is 0 Å². The molecule has 26 heavy (non-hydrogen) atoms. The number of allylic oxidation sites excluding steroid dienone is 1. The second-order valence-electron chi connectivity index (χ2n) is 5.82. The molecular formula is C20H25N3O3. The van der Waals surface area contributed by atoms with Gasteiger partial charge in [-0.15, -0.1) is 5.10 Å². The maximum absolute atomic E-state index is 5.96. The Bertz CT molecular complexity index is 760. The van der Waals surface area contributed by atoms with Gasteiger partial charge in [-0.05, 0) is 63.1 Å². The zero-order valence-electron chi connectivity index (χ0n) is 15.9. The summed E-state index contributed by atoms with van der Waals surface area (Å²) in [6.07, 6.45) is 3.93. The average molecular weight is 355 g/mol. The molecule has 1 aromatic carbocycles. The van der Waals surface area contributed by atoms with Crippen LogP contribution in [-0.2, 0) is 11.4 Å². The van der Waals surface area contributed by atoms with Crippen LogP contribution in [0.1, 0.15) is 36.4 Å². The average Bonchev–Trinajstić information content (AvgIpc) is 2.62. The van der Waals surface area contributed by atoms with Crippen molar-refractivity contribution in [1.82, 2.24) is 10.2 Å². The summed E-state index contributed by atoms with van der Waals surface area (Å²) in [5.41, 5.74) is 4.13. The maximum Gasteiger partial charge on any atom is 0.132 e. The van der Waals surface area contributed by atoms with Gasteiger partial charge in [-0.1, -0.05) is 17.3 Å². The summed E-state index contributed by atoms with van der Waals surface area (Å²) >= 11 is 0. The van der Waals surface area contributed by atoms with Gasteiger partial charge in [0.15, 0.2) is 0 Å². The molecule has 138 valence electrons. The molecule has 0 N–H and O–H groups in total. The number of aromatic nitrogens is 2. The smallest absolute Gasteiger partial charge is 0.132 e. The van der Waals surface area contributed by atoms with Gasteiger partial charge in [0, 0.05) is 0 Å². The highest BCUT2D eigenvalue weighted by Gasteiger charge is 2.09. The summed E-state index contributed by atoms with van der Waals surface area (Å²) in [6.45, 7) is 8.69. The number of hydrogen-bond acceptors (Lipinski definition) is 6. The van der Waals surface area contributed by atoms with E-state index in [9.17, 15) is 0 Å². The van der Waals surface area contributed by atoms with Crippen molar-refractivity contribution in [3.63, 3.8) is 0 Å². The summed E-state index contributed by atoms with van der Waals surface area (Å²) in [6, 6.07) is 7.67. The van der Waals surface area contributed by atoms with E-state index in [1.807, 2.05) is 64.1 Å². The molecule has 6 heteroatoms. The van der Waals surface area contributed by atoms with Gasteiger partial charge < -0.3 is 14.3 Å². The molecule has 1 aromatic heterocycles. The van der Waals surface area contributed by atoms with Gasteiger partial charge in [0.05, 0.1) is 0 Å². The summed E-state index contributed by atoms with van der Waals surface area (Å²) in [5.74, 6) is 1.67. The van der Waals surface area contributed by atoms with Crippen LogP contribution in [0.2, 0.25) is 0 Å². The lowest BCUT2D eigenvalue weighted by Gasteiger charge is -2.14. The van der Waals surface area contributed by atoms with Crippen LogP contribution in [-0.4, -0.2) is 29.6 Å². The minimum Gasteiger partial charge on any atom is -0.490 e. The number of ether oxygens (including phenoxy) is 2. The monoisotopic (exact) mass is 355 g/mol. The van der Waals surface area contributed by atoms with Crippen molar-refractivity contribution in [2.45, 2.75) is 34.3 Å². The number of benzene rings is 1. The van der Waals surface area contributed by atoms with E-state index in [0.29, 0.717) is 24.6 Å². The first-order valence-electron chi connectivity index (χ1n) is 8.44. The Labute approximate surface area is 154 Å². The van der Waals surface area contributed by atoms with Crippen LogP contribution in [0, 0.1) is 13.8 Å². The third kappa shape index (κ3) is 5.31. The molecule has 2 aromatic rings. The molecule has 0 spiro atoms. The molecule has 0 bridgehead atoms. The van der Waals surface area contributed by atoms with Gasteiger partial charge in [-0.25, -0.2) is 0 Å². The van der Waals surface area contributed by atoms with E-state index in [2.05, 4.69) is 15.4 Å². The topological polar surface area (TPSA) is 65.8 Å². The van der Waals surface area contributed by atoms with Crippen molar-refractivity contribution in [2.75, 3.05) is 13.7 Å². The van der Waals surface area contributed by atoms with Crippen molar-refractivity contribution in [2.24, 2.45) is 5.16 Å². The van der Waals surface area contributed by atoms with Crippen molar-refractivity contribution in [3.05, 3.63) is 58.9 Å². The quantitative estimate of drug-likeness (QED) is 0.407. The predicted octanol–water partition coefficient (Wildman–Crippen LogP) is 4.00. The first kappa shape index (κ1) is 19.4. The molecule has 0 atom stereocenters. The number of rotatable bonds is 8. The van der Waals surface area contributed by atoms with E-state index in [1.54, 1.807) is 0 Å². The van der Waals surface area contributed by atoms with Crippen LogP contribution >= 0.6 is 0 Å². The molecule has 0 aliphatic rings. The van der Waals surface area contributed by atoms with Gasteiger partial charge in [0.1, 0.15) is 48.9 Å². The number of hydrogen-bond donors (Lipinski definition) is 0. The molecule has 0 amide bonds. The van der Waals surface area contributed by atoms with Crippen LogP contribution in [0.25, 0.3) is 0 Å².